The van der Waals surface area contributed by atoms with E-state index in [4.69, 9.17) is 27.1 Å². The molecule has 0 radical (unpaired) electrons. The van der Waals surface area contributed by atoms with Crippen LogP contribution in [0.15, 0.2) is 24.3 Å². The lowest BCUT2D eigenvalue weighted by Gasteiger charge is -2.30. The molecule has 29 heavy (non-hydrogen) atoms. The Hall–Kier alpha value is -0.733. The van der Waals surface area contributed by atoms with Crippen LogP contribution in [-0.2, 0) is 26.9 Å². The molecule has 0 heterocycles. The van der Waals surface area contributed by atoms with Crippen molar-refractivity contribution in [2.45, 2.75) is 47.6 Å². The van der Waals surface area contributed by atoms with Crippen molar-refractivity contribution in [3.05, 3.63) is 24.3 Å². The van der Waals surface area contributed by atoms with Crippen molar-refractivity contribution in [1.29, 1.82) is 0 Å². The van der Waals surface area contributed by atoms with Crippen molar-refractivity contribution in [1.82, 2.24) is 0 Å². The summed E-state index contributed by atoms with van der Waals surface area (Å²) in [6.45, 7) is 14.3. The van der Waals surface area contributed by atoms with Gasteiger partial charge in [0.15, 0.2) is 0 Å². The zero-order valence-corrected chi connectivity index (χ0v) is 20.5. The quantitative estimate of drug-likeness (QED) is 0.269. The molecule has 1 atom stereocenters. The lowest BCUT2D eigenvalue weighted by molar-refractivity contribution is 0.0651. The average Bonchev–Trinajstić information content (AvgIpc) is 2.68. The van der Waals surface area contributed by atoms with E-state index in [-0.39, 0.29) is 5.92 Å². The molecule has 0 aliphatic rings. The molecule has 0 fully saturated rings. The molecule has 0 aliphatic carbocycles. The monoisotopic (exact) mass is 448 g/mol. The van der Waals surface area contributed by atoms with Gasteiger partial charge in [0.25, 0.3) is 0 Å². The van der Waals surface area contributed by atoms with Crippen LogP contribution in [0.1, 0.15) is 41.5 Å². The van der Waals surface area contributed by atoms with Crippen LogP contribution in [0.4, 0.5) is 0 Å². The summed E-state index contributed by atoms with van der Waals surface area (Å²) in [7, 11) is -5.98. The molecule has 168 valence electrons. The highest BCUT2D eigenvalue weighted by atomic mass is 31.2. The largest absolute Gasteiger partial charge is 0.501 e. The molecule has 1 aromatic rings. The molecular weight excluding hydrogens is 411 g/mol. The van der Waals surface area contributed by atoms with Gasteiger partial charge in [-0.1, -0.05) is 6.92 Å². The maximum absolute atomic E-state index is 12.8. The van der Waals surface area contributed by atoms with Gasteiger partial charge >= 0.3 is 16.4 Å². The Kier molecular flexibility index (Phi) is 12.3. The number of rotatable bonds is 16. The zero-order valence-electron chi connectivity index (χ0n) is 18.6. The van der Waals surface area contributed by atoms with Gasteiger partial charge in [-0.3, -0.25) is 4.57 Å². The molecule has 0 N–H and O–H groups in total. The van der Waals surface area contributed by atoms with Crippen LogP contribution in [0.25, 0.3) is 0 Å². The summed E-state index contributed by atoms with van der Waals surface area (Å²) in [6.07, 6.45) is 0. The fraction of sp³-hybridized carbons (Fsp3) is 0.700. The lowest BCUT2D eigenvalue weighted by Crippen LogP contribution is -2.47. The van der Waals surface area contributed by atoms with Gasteiger partial charge in [0.1, 0.15) is 5.75 Å². The molecule has 0 spiro atoms. The third-order valence-corrected chi connectivity index (χ3v) is 9.49. The average molecular weight is 449 g/mol. The van der Waals surface area contributed by atoms with E-state index < -0.39 is 16.4 Å². The molecule has 0 aliphatic heterocycles. The topological polar surface area (TPSA) is 72.5 Å². The molecule has 1 rings (SSSR count). The van der Waals surface area contributed by atoms with E-state index in [0.29, 0.717) is 56.7 Å². The standard InChI is InChI=1S/C20H37O7PSi/c1-7-23-28(21,24-8-2)20-14-12-19(13-15-20)22-16-18(6)17-29(25-9-3,26-10-4)27-11-5/h12-15,18H,7-11,16-17H2,1-6H3. The molecule has 7 nitrogen and oxygen atoms in total. The molecule has 9 heteroatoms. The Bertz CT molecular complexity index is 584. The van der Waals surface area contributed by atoms with E-state index in [2.05, 4.69) is 6.92 Å². The Labute approximate surface area is 176 Å². The van der Waals surface area contributed by atoms with Gasteiger partial charge in [0, 0.05) is 25.9 Å². The van der Waals surface area contributed by atoms with Gasteiger partial charge in [-0.2, -0.15) is 0 Å². The maximum atomic E-state index is 12.8. The predicted octanol–water partition coefficient (Wildman–Crippen LogP) is 4.64. The van der Waals surface area contributed by atoms with Crippen molar-refractivity contribution >= 4 is 21.7 Å². The molecular formula is C20H37O7PSi. The summed E-state index contributed by atoms with van der Waals surface area (Å²) in [5.41, 5.74) is 0. The first kappa shape index (κ1) is 26.3. The molecule has 1 aromatic carbocycles. The first-order chi connectivity index (χ1) is 13.9. The van der Waals surface area contributed by atoms with Crippen molar-refractivity contribution < 1.29 is 31.6 Å². The maximum Gasteiger partial charge on any atom is 0.501 e. The second kappa shape index (κ2) is 13.5. The van der Waals surface area contributed by atoms with Gasteiger partial charge in [-0.25, -0.2) is 0 Å². The summed E-state index contributed by atoms with van der Waals surface area (Å²) in [5, 5.41) is 0.525. The van der Waals surface area contributed by atoms with Crippen molar-refractivity contribution in [3.8, 4) is 5.75 Å². The molecule has 0 bridgehead atoms. The summed E-state index contributed by atoms with van der Waals surface area (Å²) >= 11 is 0. The summed E-state index contributed by atoms with van der Waals surface area (Å²) < 4.78 is 47.2. The Morgan fingerprint density at radius 3 is 1.72 bits per heavy atom. The molecule has 0 aromatic heterocycles. The van der Waals surface area contributed by atoms with Crippen LogP contribution in [-0.4, -0.2) is 48.4 Å². The molecule has 1 unspecified atom stereocenters. The highest BCUT2D eigenvalue weighted by molar-refractivity contribution is 7.62. The lowest BCUT2D eigenvalue weighted by atomic mass is 10.2. The minimum absolute atomic E-state index is 0.184. The first-order valence-electron chi connectivity index (χ1n) is 10.4. The zero-order chi connectivity index (χ0) is 21.8. The van der Waals surface area contributed by atoms with E-state index >= 15 is 0 Å². The third kappa shape index (κ3) is 8.50. The summed E-state index contributed by atoms with van der Waals surface area (Å²) in [5.74, 6) is 0.876. The van der Waals surface area contributed by atoms with Crippen LogP contribution >= 0.6 is 7.60 Å². The predicted molar refractivity (Wildman–Crippen MR) is 117 cm³/mol. The number of hydrogen-bond donors (Lipinski definition) is 0. The third-order valence-electron chi connectivity index (χ3n) is 3.98. The minimum Gasteiger partial charge on any atom is -0.493 e. The van der Waals surface area contributed by atoms with E-state index in [9.17, 15) is 4.57 Å². The minimum atomic E-state index is -3.28. The van der Waals surface area contributed by atoms with Crippen LogP contribution in [0.3, 0.4) is 0 Å². The Balaban J connectivity index is 2.73. The Morgan fingerprint density at radius 2 is 1.31 bits per heavy atom. The smallest absolute Gasteiger partial charge is 0.493 e. The normalized spacial score (nSPS) is 13.4. The van der Waals surface area contributed by atoms with Gasteiger partial charge in [0.2, 0.25) is 0 Å². The van der Waals surface area contributed by atoms with Crippen LogP contribution in [0, 0.1) is 5.92 Å². The second-order valence-corrected chi connectivity index (χ2v) is 11.1. The van der Waals surface area contributed by atoms with E-state index in [1.54, 1.807) is 38.1 Å². The van der Waals surface area contributed by atoms with E-state index in [0.717, 1.165) is 0 Å². The van der Waals surface area contributed by atoms with Crippen molar-refractivity contribution in [2.24, 2.45) is 5.92 Å². The molecule has 0 saturated heterocycles. The molecule has 0 saturated carbocycles. The summed E-state index contributed by atoms with van der Waals surface area (Å²) in [4.78, 5) is 0. The van der Waals surface area contributed by atoms with Gasteiger partial charge in [-0.15, -0.1) is 0 Å². The molecule has 0 amide bonds. The highest BCUT2D eigenvalue weighted by Crippen LogP contribution is 2.46. The van der Waals surface area contributed by atoms with Gasteiger partial charge in [-0.05, 0) is 64.8 Å². The summed E-state index contributed by atoms with van der Waals surface area (Å²) in [6, 6.07) is 7.71. The first-order valence-corrected chi connectivity index (χ1v) is 13.9. The van der Waals surface area contributed by atoms with Gasteiger partial charge in [0.05, 0.1) is 25.1 Å². The Morgan fingerprint density at radius 1 is 0.828 bits per heavy atom. The number of hydrogen-bond acceptors (Lipinski definition) is 7. The number of ether oxygens (including phenoxy) is 1. The number of benzene rings is 1. The van der Waals surface area contributed by atoms with E-state index in [1.807, 2.05) is 20.8 Å². The van der Waals surface area contributed by atoms with Crippen molar-refractivity contribution in [2.75, 3.05) is 39.6 Å². The van der Waals surface area contributed by atoms with Crippen molar-refractivity contribution in [3.63, 3.8) is 0 Å². The van der Waals surface area contributed by atoms with E-state index in [1.165, 1.54) is 0 Å². The fourth-order valence-corrected chi connectivity index (χ4v) is 7.40. The highest BCUT2D eigenvalue weighted by Gasteiger charge is 2.42. The van der Waals surface area contributed by atoms with Crippen LogP contribution in [0.5, 0.6) is 5.75 Å². The SMILES string of the molecule is CCO[Si](CC(C)COc1ccc(P(=O)(OCC)OCC)cc1)(OCC)OCC. The van der Waals surface area contributed by atoms with Crippen LogP contribution in [0.2, 0.25) is 6.04 Å². The van der Waals surface area contributed by atoms with Crippen LogP contribution < -0.4 is 10.0 Å². The fourth-order valence-electron chi connectivity index (χ4n) is 2.94. The second-order valence-electron chi connectivity index (χ2n) is 6.43. The van der Waals surface area contributed by atoms with Gasteiger partial charge < -0.3 is 27.1 Å².